The minimum Gasteiger partial charge on any atom is -0.384 e. The van der Waals surface area contributed by atoms with E-state index in [-0.39, 0.29) is 5.92 Å². The van der Waals surface area contributed by atoms with Crippen LogP contribution in [0.4, 0.5) is 10.1 Å². The van der Waals surface area contributed by atoms with Gasteiger partial charge in [0.1, 0.15) is 5.67 Å². The topological polar surface area (TPSA) is 12.0 Å². The van der Waals surface area contributed by atoms with Crippen LogP contribution in [0.3, 0.4) is 0 Å². The van der Waals surface area contributed by atoms with Crippen molar-refractivity contribution in [1.82, 2.24) is 0 Å². The molecular formula is C11H13BrFN. The summed E-state index contributed by atoms with van der Waals surface area (Å²) in [5, 5.41) is 3.23. The van der Waals surface area contributed by atoms with E-state index in [2.05, 4.69) is 21.2 Å². The van der Waals surface area contributed by atoms with E-state index in [1.54, 1.807) is 13.8 Å². The van der Waals surface area contributed by atoms with Gasteiger partial charge < -0.3 is 5.32 Å². The van der Waals surface area contributed by atoms with Crippen molar-refractivity contribution in [3.8, 4) is 0 Å². The summed E-state index contributed by atoms with van der Waals surface area (Å²) in [5.74, 6) is -0.0365. The van der Waals surface area contributed by atoms with Gasteiger partial charge in [-0.3, -0.25) is 0 Å². The first-order valence-corrected chi connectivity index (χ1v) is 5.50. The third kappa shape index (κ3) is 1.65. The second-order valence-corrected chi connectivity index (χ2v) is 5.15. The van der Waals surface area contributed by atoms with Crippen LogP contribution in [0.25, 0.3) is 0 Å². The summed E-state index contributed by atoms with van der Waals surface area (Å²) in [5.41, 5.74) is 0.974. The Hall–Kier alpha value is -0.570. The fraction of sp³-hybridized carbons (Fsp3) is 0.455. The maximum atomic E-state index is 13.8. The van der Waals surface area contributed by atoms with Gasteiger partial charge in [-0.05, 0) is 31.5 Å². The second kappa shape index (κ2) is 3.23. The number of benzene rings is 1. The number of halogens is 2. The Kier molecular flexibility index (Phi) is 2.30. The summed E-state index contributed by atoms with van der Waals surface area (Å²) in [6, 6.07) is 5.96. The molecule has 0 radical (unpaired) electrons. The first-order chi connectivity index (χ1) is 6.48. The highest BCUT2D eigenvalue weighted by atomic mass is 79.9. The molecule has 1 aromatic carbocycles. The van der Waals surface area contributed by atoms with Crippen molar-refractivity contribution in [1.29, 1.82) is 0 Å². The quantitative estimate of drug-likeness (QED) is 0.809. The Bertz CT molecular complexity index is 357. The lowest BCUT2D eigenvalue weighted by Crippen LogP contribution is -2.25. The van der Waals surface area contributed by atoms with Crippen LogP contribution in [0.5, 0.6) is 0 Å². The Morgan fingerprint density at radius 2 is 2.21 bits per heavy atom. The van der Waals surface area contributed by atoms with E-state index < -0.39 is 5.67 Å². The normalized spacial score (nSPS) is 20.4. The number of rotatable bonds is 1. The van der Waals surface area contributed by atoms with Crippen LogP contribution in [-0.2, 0) is 0 Å². The van der Waals surface area contributed by atoms with E-state index in [0.717, 1.165) is 15.7 Å². The van der Waals surface area contributed by atoms with Crippen LogP contribution in [-0.4, -0.2) is 12.2 Å². The van der Waals surface area contributed by atoms with Gasteiger partial charge in [0.25, 0.3) is 0 Å². The monoisotopic (exact) mass is 257 g/mol. The molecule has 0 amide bonds. The Balaban J connectivity index is 2.41. The molecule has 1 aliphatic rings. The van der Waals surface area contributed by atoms with Crippen molar-refractivity contribution in [3.63, 3.8) is 0 Å². The van der Waals surface area contributed by atoms with E-state index in [1.807, 2.05) is 18.2 Å². The molecule has 0 saturated heterocycles. The van der Waals surface area contributed by atoms with Crippen molar-refractivity contribution < 1.29 is 4.39 Å². The van der Waals surface area contributed by atoms with Crippen molar-refractivity contribution in [2.75, 3.05) is 11.9 Å². The minimum atomic E-state index is -1.16. The molecule has 1 unspecified atom stereocenters. The van der Waals surface area contributed by atoms with Gasteiger partial charge in [0.15, 0.2) is 0 Å². The zero-order chi connectivity index (χ0) is 10.3. The fourth-order valence-corrected chi connectivity index (χ4v) is 2.28. The molecule has 2 rings (SSSR count). The van der Waals surface area contributed by atoms with Crippen molar-refractivity contribution in [2.24, 2.45) is 0 Å². The maximum absolute atomic E-state index is 13.8. The third-order valence-electron chi connectivity index (χ3n) is 2.72. The molecule has 1 aromatic rings. The standard InChI is InChI=1S/C11H13BrFN/c1-11(2,13)9-6-14-10-5-7(12)3-4-8(9)10/h3-5,9,14H,6H2,1-2H3. The van der Waals surface area contributed by atoms with E-state index >= 15 is 0 Å². The molecule has 1 atom stereocenters. The Morgan fingerprint density at radius 3 is 2.86 bits per heavy atom. The summed E-state index contributed by atoms with van der Waals surface area (Å²) < 4.78 is 14.9. The second-order valence-electron chi connectivity index (χ2n) is 4.23. The average molecular weight is 258 g/mol. The average Bonchev–Trinajstić information content (AvgIpc) is 2.45. The van der Waals surface area contributed by atoms with Gasteiger partial charge in [-0.2, -0.15) is 0 Å². The van der Waals surface area contributed by atoms with Gasteiger partial charge in [0.2, 0.25) is 0 Å². The first-order valence-electron chi connectivity index (χ1n) is 4.71. The largest absolute Gasteiger partial charge is 0.384 e. The predicted molar refractivity (Wildman–Crippen MR) is 60.6 cm³/mol. The molecule has 0 bridgehead atoms. The third-order valence-corrected chi connectivity index (χ3v) is 3.21. The Morgan fingerprint density at radius 1 is 1.50 bits per heavy atom. The van der Waals surface area contributed by atoms with Crippen LogP contribution in [0, 0.1) is 0 Å². The SMILES string of the molecule is CC(C)(F)C1CNc2cc(Br)ccc21. The summed E-state index contributed by atoms with van der Waals surface area (Å²) in [4.78, 5) is 0. The van der Waals surface area contributed by atoms with Gasteiger partial charge in [-0.25, -0.2) is 4.39 Å². The van der Waals surface area contributed by atoms with Crippen LogP contribution >= 0.6 is 15.9 Å². The lowest BCUT2D eigenvalue weighted by Gasteiger charge is -2.22. The molecule has 1 aliphatic heterocycles. The molecule has 1 N–H and O–H groups in total. The Labute approximate surface area is 91.8 Å². The van der Waals surface area contributed by atoms with Gasteiger partial charge >= 0.3 is 0 Å². The molecule has 0 saturated carbocycles. The molecule has 14 heavy (non-hydrogen) atoms. The number of hydrogen-bond donors (Lipinski definition) is 1. The van der Waals surface area contributed by atoms with Gasteiger partial charge in [0.05, 0.1) is 0 Å². The van der Waals surface area contributed by atoms with Crippen LogP contribution < -0.4 is 5.32 Å². The number of nitrogens with one attached hydrogen (secondary N) is 1. The lowest BCUT2D eigenvalue weighted by molar-refractivity contribution is 0.180. The van der Waals surface area contributed by atoms with Crippen LogP contribution in [0.1, 0.15) is 25.3 Å². The fourth-order valence-electron chi connectivity index (χ4n) is 1.92. The number of alkyl halides is 1. The van der Waals surface area contributed by atoms with Crippen LogP contribution in [0.15, 0.2) is 22.7 Å². The first kappa shape index (κ1) is 9.97. The maximum Gasteiger partial charge on any atom is 0.114 e. The highest BCUT2D eigenvalue weighted by Crippen LogP contribution is 2.41. The number of hydrogen-bond acceptors (Lipinski definition) is 1. The zero-order valence-electron chi connectivity index (χ0n) is 8.27. The van der Waals surface area contributed by atoms with E-state index in [4.69, 9.17) is 0 Å². The molecule has 1 heterocycles. The molecular weight excluding hydrogens is 245 g/mol. The molecule has 0 spiro atoms. The van der Waals surface area contributed by atoms with Crippen LogP contribution in [0.2, 0.25) is 0 Å². The highest BCUT2D eigenvalue weighted by molar-refractivity contribution is 9.10. The predicted octanol–water partition coefficient (Wildman–Crippen LogP) is 3.71. The number of fused-ring (bicyclic) bond motifs is 1. The summed E-state index contributed by atoms with van der Waals surface area (Å²) in [7, 11) is 0. The van der Waals surface area contributed by atoms with Gasteiger partial charge in [-0.1, -0.05) is 22.0 Å². The smallest absolute Gasteiger partial charge is 0.114 e. The van der Waals surface area contributed by atoms with E-state index in [1.165, 1.54) is 0 Å². The molecule has 76 valence electrons. The minimum absolute atomic E-state index is 0.0365. The highest BCUT2D eigenvalue weighted by Gasteiger charge is 2.35. The lowest BCUT2D eigenvalue weighted by atomic mass is 9.88. The molecule has 0 fully saturated rings. The molecule has 0 aromatic heterocycles. The zero-order valence-corrected chi connectivity index (χ0v) is 9.86. The molecule has 3 heteroatoms. The van der Waals surface area contributed by atoms with Crippen molar-refractivity contribution in [2.45, 2.75) is 25.4 Å². The van der Waals surface area contributed by atoms with Crippen molar-refractivity contribution >= 4 is 21.6 Å². The van der Waals surface area contributed by atoms with E-state index in [9.17, 15) is 4.39 Å². The molecule has 0 aliphatic carbocycles. The van der Waals surface area contributed by atoms with Crippen molar-refractivity contribution in [3.05, 3.63) is 28.2 Å². The van der Waals surface area contributed by atoms with Gasteiger partial charge in [0, 0.05) is 22.6 Å². The summed E-state index contributed by atoms with van der Waals surface area (Å²) in [6.45, 7) is 3.96. The van der Waals surface area contributed by atoms with E-state index in [0.29, 0.717) is 6.54 Å². The molecule has 1 nitrogen and oxygen atoms in total. The summed E-state index contributed by atoms with van der Waals surface area (Å²) in [6.07, 6.45) is 0. The van der Waals surface area contributed by atoms with Gasteiger partial charge in [-0.15, -0.1) is 0 Å². The summed E-state index contributed by atoms with van der Waals surface area (Å²) >= 11 is 3.40. The number of anilines is 1.